The van der Waals surface area contributed by atoms with Gasteiger partial charge in [-0.3, -0.25) is 14.2 Å². The molecule has 1 aliphatic heterocycles. The van der Waals surface area contributed by atoms with Gasteiger partial charge < -0.3 is 9.88 Å². The first-order valence-electron chi connectivity index (χ1n) is 8.30. The standard InChI is InChI=1S/C18H17N3O3S2/c22-16(20-5-8-25-9-6-20)12-3-4-14-15(10-12)19-18(24)21(17(14)23)11-13-2-1-7-26-13/h1-4,7,10H,5-6,8-9,11H2,(H,19,24). The Morgan fingerprint density at radius 1 is 1.15 bits per heavy atom. The fourth-order valence-electron chi connectivity index (χ4n) is 3.04. The van der Waals surface area contributed by atoms with E-state index < -0.39 is 5.69 Å². The van der Waals surface area contributed by atoms with Crippen molar-refractivity contribution >= 4 is 39.9 Å². The number of benzene rings is 1. The van der Waals surface area contributed by atoms with Gasteiger partial charge in [-0.25, -0.2) is 4.79 Å². The molecule has 0 bridgehead atoms. The highest BCUT2D eigenvalue weighted by atomic mass is 32.2. The van der Waals surface area contributed by atoms with Gasteiger partial charge in [0.05, 0.1) is 17.4 Å². The second kappa shape index (κ2) is 7.13. The second-order valence-corrected chi connectivity index (χ2v) is 8.32. The Bertz CT molecular complexity index is 1060. The molecule has 0 aliphatic carbocycles. The van der Waals surface area contributed by atoms with E-state index in [0.29, 0.717) is 16.5 Å². The minimum absolute atomic E-state index is 0.0594. The highest BCUT2D eigenvalue weighted by Gasteiger charge is 2.19. The molecule has 0 unspecified atom stereocenters. The maximum Gasteiger partial charge on any atom is 0.329 e. The zero-order valence-corrected chi connectivity index (χ0v) is 15.6. The molecule has 1 aliphatic rings. The lowest BCUT2D eigenvalue weighted by molar-refractivity contribution is 0.0772. The summed E-state index contributed by atoms with van der Waals surface area (Å²) in [5.41, 5.74) is 0.0931. The van der Waals surface area contributed by atoms with E-state index in [1.165, 1.54) is 15.9 Å². The number of hydrogen-bond acceptors (Lipinski definition) is 5. The van der Waals surface area contributed by atoms with Gasteiger partial charge in [-0.15, -0.1) is 11.3 Å². The molecule has 0 spiro atoms. The van der Waals surface area contributed by atoms with E-state index in [0.717, 1.165) is 29.5 Å². The summed E-state index contributed by atoms with van der Waals surface area (Å²) in [5, 5.41) is 2.32. The number of hydrogen-bond donors (Lipinski definition) is 1. The molecule has 8 heteroatoms. The molecule has 2 aromatic heterocycles. The SMILES string of the molecule is O=C(c1ccc2c(=O)n(Cc3cccs3)c(=O)[nH]c2c1)N1CCSCC1. The molecule has 3 heterocycles. The smallest absolute Gasteiger partial charge is 0.329 e. The lowest BCUT2D eigenvalue weighted by atomic mass is 10.1. The third-order valence-electron chi connectivity index (χ3n) is 4.42. The first kappa shape index (κ1) is 17.1. The predicted molar refractivity (Wildman–Crippen MR) is 105 cm³/mol. The number of carbonyl (C=O) groups excluding carboxylic acids is 1. The van der Waals surface area contributed by atoms with Gasteiger partial charge in [0.1, 0.15) is 0 Å². The largest absolute Gasteiger partial charge is 0.337 e. The number of thiophene rings is 1. The molecule has 6 nitrogen and oxygen atoms in total. The molecule has 26 heavy (non-hydrogen) atoms. The molecule has 1 aromatic carbocycles. The average Bonchev–Trinajstić information content (AvgIpc) is 3.18. The minimum Gasteiger partial charge on any atom is -0.337 e. The molecule has 0 atom stereocenters. The van der Waals surface area contributed by atoms with Gasteiger partial charge in [0.15, 0.2) is 0 Å². The fourth-order valence-corrected chi connectivity index (χ4v) is 4.63. The Labute approximate surface area is 157 Å². The normalized spacial score (nSPS) is 14.7. The summed E-state index contributed by atoms with van der Waals surface area (Å²) in [5.74, 6) is 1.81. The van der Waals surface area contributed by atoms with Gasteiger partial charge in [-0.05, 0) is 29.6 Å². The van der Waals surface area contributed by atoms with Gasteiger partial charge in [-0.1, -0.05) is 6.07 Å². The fraction of sp³-hybridized carbons (Fsp3) is 0.278. The number of rotatable bonds is 3. The number of aromatic amines is 1. The average molecular weight is 387 g/mol. The third-order valence-corrected chi connectivity index (χ3v) is 6.22. The first-order valence-corrected chi connectivity index (χ1v) is 10.3. The van der Waals surface area contributed by atoms with E-state index in [4.69, 9.17) is 0 Å². The van der Waals surface area contributed by atoms with Gasteiger partial charge in [0.25, 0.3) is 11.5 Å². The predicted octanol–water partition coefficient (Wildman–Crippen LogP) is 1.99. The third kappa shape index (κ3) is 3.22. The van der Waals surface area contributed by atoms with Crippen LogP contribution in [0.2, 0.25) is 0 Å². The summed E-state index contributed by atoms with van der Waals surface area (Å²) in [7, 11) is 0. The Morgan fingerprint density at radius 3 is 2.69 bits per heavy atom. The Hall–Kier alpha value is -2.32. The minimum atomic E-state index is -0.463. The van der Waals surface area contributed by atoms with Crippen LogP contribution in [-0.2, 0) is 6.54 Å². The van der Waals surface area contributed by atoms with Crippen LogP contribution < -0.4 is 11.2 Å². The summed E-state index contributed by atoms with van der Waals surface area (Å²) >= 11 is 3.33. The van der Waals surface area contributed by atoms with E-state index in [9.17, 15) is 14.4 Å². The summed E-state index contributed by atoms with van der Waals surface area (Å²) < 4.78 is 1.19. The lowest BCUT2D eigenvalue weighted by Gasteiger charge is -2.26. The molecule has 0 radical (unpaired) electrons. The molecule has 4 rings (SSSR count). The maximum atomic E-state index is 12.7. The molecular weight excluding hydrogens is 370 g/mol. The molecule has 1 saturated heterocycles. The number of fused-ring (bicyclic) bond motifs is 1. The van der Waals surface area contributed by atoms with E-state index >= 15 is 0 Å². The van der Waals surface area contributed by atoms with Gasteiger partial charge in [0, 0.05) is 35.0 Å². The van der Waals surface area contributed by atoms with Crippen LogP contribution in [0.5, 0.6) is 0 Å². The number of H-pyrrole nitrogens is 1. The molecule has 1 fully saturated rings. The van der Waals surface area contributed by atoms with Crippen LogP contribution in [0.15, 0.2) is 45.3 Å². The molecule has 0 saturated carbocycles. The van der Waals surface area contributed by atoms with Crippen molar-refractivity contribution in [3.63, 3.8) is 0 Å². The molecule has 1 amide bonds. The number of nitrogens with zero attached hydrogens (tertiary/aromatic N) is 2. The van der Waals surface area contributed by atoms with E-state index in [1.807, 2.05) is 34.2 Å². The Morgan fingerprint density at radius 2 is 1.96 bits per heavy atom. The number of carbonyl (C=O) groups is 1. The van der Waals surface area contributed by atoms with Crippen LogP contribution in [0, 0.1) is 0 Å². The van der Waals surface area contributed by atoms with Crippen LogP contribution in [-0.4, -0.2) is 45.0 Å². The van der Waals surface area contributed by atoms with Crippen LogP contribution >= 0.6 is 23.1 Å². The zero-order chi connectivity index (χ0) is 18.1. The lowest BCUT2D eigenvalue weighted by Crippen LogP contribution is -2.38. The zero-order valence-electron chi connectivity index (χ0n) is 13.9. The maximum absolute atomic E-state index is 12.7. The topological polar surface area (TPSA) is 75.2 Å². The van der Waals surface area contributed by atoms with Gasteiger partial charge in [-0.2, -0.15) is 11.8 Å². The summed E-state index contributed by atoms with van der Waals surface area (Å²) in [4.78, 5) is 43.2. The molecule has 1 N–H and O–H groups in total. The summed E-state index contributed by atoms with van der Waals surface area (Å²) in [6, 6.07) is 8.68. The van der Waals surface area contributed by atoms with Gasteiger partial charge >= 0.3 is 5.69 Å². The van der Waals surface area contributed by atoms with E-state index in [1.54, 1.807) is 18.2 Å². The van der Waals surface area contributed by atoms with Crippen LogP contribution in [0.4, 0.5) is 0 Å². The van der Waals surface area contributed by atoms with Crippen molar-refractivity contribution < 1.29 is 4.79 Å². The van der Waals surface area contributed by atoms with Crippen molar-refractivity contribution in [1.82, 2.24) is 14.5 Å². The molecule has 3 aromatic rings. The van der Waals surface area contributed by atoms with Crippen molar-refractivity contribution in [3.8, 4) is 0 Å². The van der Waals surface area contributed by atoms with Crippen LogP contribution in [0.25, 0.3) is 10.9 Å². The van der Waals surface area contributed by atoms with Crippen molar-refractivity contribution in [2.45, 2.75) is 6.54 Å². The summed E-state index contributed by atoms with van der Waals surface area (Å²) in [6.45, 7) is 1.69. The van der Waals surface area contributed by atoms with Crippen molar-refractivity contribution in [2.24, 2.45) is 0 Å². The highest BCUT2D eigenvalue weighted by Crippen LogP contribution is 2.16. The quantitative estimate of drug-likeness (QED) is 0.746. The Balaban J connectivity index is 1.72. The number of thioether (sulfide) groups is 1. The monoisotopic (exact) mass is 387 g/mol. The van der Waals surface area contributed by atoms with E-state index in [2.05, 4.69) is 4.98 Å². The van der Waals surface area contributed by atoms with Crippen molar-refractivity contribution in [2.75, 3.05) is 24.6 Å². The summed E-state index contributed by atoms with van der Waals surface area (Å²) in [6.07, 6.45) is 0. The molecular formula is C18H17N3O3S2. The van der Waals surface area contributed by atoms with Crippen LogP contribution in [0.3, 0.4) is 0 Å². The van der Waals surface area contributed by atoms with Crippen molar-refractivity contribution in [1.29, 1.82) is 0 Å². The molecule has 134 valence electrons. The van der Waals surface area contributed by atoms with E-state index in [-0.39, 0.29) is 18.0 Å². The second-order valence-electron chi connectivity index (χ2n) is 6.07. The van der Waals surface area contributed by atoms with Gasteiger partial charge in [0.2, 0.25) is 0 Å². The highest BCUT2D eigenvalue weighted by molar-refractivity contribution is 7.99. The van der Waals surface area contributed by atoms with Crippen LogP contribution in [0.1, 0.15) is 15.2 Å². The van der Waals surface area contributed by atoms with Crippen molar-refractivity contribution in [3.05, 3.63) is 67.0 Å². The first-order chi connectivity index (χ1) is 12.6. The number of amides is 1. The Kier molecular flexibility index (Phi) is 4.69. The number of aromatic nitrogens is 2. The number of nitrogens with one attached hydrogen (secondary N) is 1.